The van der Waals surface area contributed by atoms with Crippen LogP contribution in [-0.2, 0) is 9.59 Å². The first kappa shape index (κ1) is 25.9. The average Bonchev–Trinajstić information content (AvgIpc) is 2.85. The van der Waals surface area contributed by atoms with Gasteiger partial charge in [0.25, 0.3) is 0 Å². The van der Waals surface area contributed by atoms with Gasteiger partial charge in [-0.05, 0) is 58.5 Å². The molecule has 0 aliphatic heterocycles. The minimum atomic E-state index is -0.274. The molecule has 3 rings (SSSR count). The molecule has 0 spiro atoms. The zero-order chi connectivity index (χ0) is 24.3. The third-order valence-electron chi connectivity index (χ3n) is 5.12. The van der Waals surface area contributed by atoms with Crippen LogP contribution in [-0.4, -0.2) is 22.6 Å². The van der Waals surface area contributed by atoms with E-state index in [2.05, 4.69) is 50.9 Å². The largest absolute Gasteiger partial charge is 0.427 e. The first-order chi connectivity index (χ1) is 16.5. The van der Waals surface area contributed by atoms with Crippen molar-refractivity contribution in [2.24, 2.45) is 0 Å². The number of benzene rings is 3. The highest BCUT2D eigenvalue weighted by Gasteiger charge is 2.14. The third kappa shape index (κ3) is 7.15. The molecule has 3 aromatic carbocycles. The lowest BCUT2D eigenvalue weighted by Crippen LogP contribution is -2.08. The van der Waals surface area contributed by atoms with Crippen molar-refractivity contribution < 1.29 is 19.1 Å². The summed E-state index contributed by atoms with van der Waals surface area (Å²) in [6.45, 7) is 2.13. The Morgan fingerprint density at radius 3 is 1.47 bits per heavy atom. The van der Waals surface area contributed by atoms with Crippen LogP contribution in [0.2, 0.25) is 0 Å². The van der Waals surface area contributed by atoms with Crippen LogP contribution in [0.5, 0.6) is 11.5 Å². The van der Waals surface area contributed by atoms with Gasteiger partial charge in [-0.1, -0.05) is 93.4 Å². The van der Waals surface area contributed by atoms with Gasteiger partial charge in [0.15, 0.2) is 0 Å². The van der Waals surface area contributed by atoms with Crippen molar-refractivity contribution >= 4 is 54.9 Å². The van der Waals surface area contributed by atoms with Crippen molar-refractivity contribution in [1.82, 2.24) is 0 Å². The van der Waals surface area contributed by atoms with Crippen LogP contribution in [0.25, 0.3) is 11.1 Å². The number of rotatable bonds is 10. The van der Waals surface area contributed by atoms with E-state index in [0.29, 0.717) is 35.0 Å². The van der Waals surface area contributed by atoms with E-state index in [1.54, 1.807) is 0 Å². The van der Waals surface area contributed by atoms with Crippen molar-refractivity contribution in [1.29, 1.82) is 0 Å². The van der Waals surface area contributed by atoms with Crippen LogP contribution in [0.1, 0.15) is 42.9 Å². The van der Waals surface area contributed by atoms with Gasteiger partial charge in [0.1, 0.15) is 11.5 Å². The van der Waals surface area contributed by atoms with E-state index in [4.69, 9.17) is 9.47 Å². The molecule has 34 heavy (non-hydrogen) atoms. The highest BCUT2D eigenvalue weighted by molar-refractivity contribution is 9.09. The molecule has 0 aliphatic rings. The summed E-state index contributed by atoms with van der Waals surface area (Å²) in [6.07, 6.45) is 1.45. The summed E-state index contributed by atoms with van der Waals surface area (Å²) in [5.74, 6) is 0.481. The topological polar surface area (TPSA) is 52.6 Å². The fourth-order valence-electron chi connectivity index (χ4n) is 3.58. The van der Waals surface area contributed by atoms with E-state index >= 15 is 0 Å². The van der Waals surface area contributed by atoms with E-state index in [1.165, 1.54) is 5.57 Å². The van der Waals surface area contributed by atoms with E-state index in [9.17, 15) is 9.59 Å². The number of carbonyl (C=O) groups excluding carboxylic acids is 2. The molecule has 0 amide bonds. The predicted molar refractivity (Wildman–Crippen MR) is 144 cm³/mol. The van der Waals surface area contributed by atoms with Crippen molar-refractivity contribution in [3.05, 3.63) is 95.6 Å². The second-order valence-corrected chi connectivity index (χ2v) is 9.03. The molecule has 0 atom stereocenters. The van der Waals surface area contributed by atoms with E-state index in [0.717, 1.165) is 28.7 Å². The van der Waals surface area contributed by atoms with E-state index < -0.39 is 0 Å². The predicted octanol–water partition coefficient (Wildman–Crippen LogP) is 7.44. The average molecular weight is 586 g/mol. The lowest BCUT2D eigenvalue weighted by molar-refractivity contribution is -0.134. The van der Waals surface area contributed by atoms with Gasteiger partial charge in [-0.2, -0.15) is 0 Å². The van der Waals surface area contributed by atoms with Crippen LogP contribution < -0.4 is 9.47 Å². The summed E-state index contributed by atoms with van der Waals surface area (Å²) in [5, 5.41) is 1.13. The Kier molecular flexibility index (Phi) is 10.1. The quantitative estimate of drug-likeness (QED) is 0.107. The highest BCUT2D eigenvalue weighted by atomic mass is 79.9. The summed E-state index contributed by atoms with van der Waals surface area (Å²) in [6, 6.07) is 25.4. The van der Waals surface area contributed by atoms with Gasteiger partial charge in [0.05, 0.1) is 12.8 Å². The summed E-state index contributed by atoms with van der Waals surface area (Å²) in [7, 11) is 0. The number of ether oxygens (including phenoxy) is 2. The van der Waals surface area contributed by atoms with E-state index in [1.807, 2.05) is 66.7 Å². The molecule has 0 heterocycles. The molecule has 6 heteroatoms. The Morgan fingerprint density at radius 1 is 0.647 bits per heavy atom. The number of allylic oxidation sites excluding steroid dienone is 1. The monoisotopic (exact) mass is 584 g/mol. The standard InChI is InChI=1S/C28H26Br2O4/c1-2-25(20-6-4-3-5-7-20)28(21-8-12-23(13-9-21)33-26(31)16-18-29)22-10-14-24(15-11-22)34-27(32)17-19-30/h3-15H,2,16-19H2,1H3. The third-order valence-corrected chi connectivity index (χ3v) is 5.92. The number of carbonyl (C=O) groups is 2. The maximum atomic E-state index is 11.8. The lowest BCUT2D eigenvalue weighted by Gasteiger charge is -2.17. The minimum absolute atomic E-state index is 0.274. The molecule has 0 N–H and O–H groups in total. The van der Waals surface area contributed by atoms with Crippen LogP contribution in [0.3, 0.4) is 0 Å². The molecule has 0 saturated carbocycles. The number of hydrogen-bond donors (Lipinski definition) is 0. The van der Waals surface area contributed by atoms with Crippen molar-refractivity contribution in [3.63, 3.8) is 0 Å². The SMILES string of the molecule is CCC(=C(c1ccc(OC(=O)CCBr)cc1)c1ccc(OC(=O)CCBr)cc1)c1ccccc1. The van der Waals surface area contributed by atoms with Crippen LogP contribution in [0.4, 0.5) is 0 Å². The first-order valence-corrected chi connectivity index (χ1v) is 13.3. The lowest BCUT2D eigenvalue weighted by atomic mass is 9.88. The van der Waals surface area contributed by atoms with Crippen molar-refractivity contribution in [2.45, 2.75) is 26.2 Å². The second kappa shape index (κ2) is 13.3. The number of hydrogen-bond acceptors (Lipinski definition) is 4. The highest BCUT2D eigenvalue weighted by Crippen LogP contribution is 2.35. The van der Waals surface area contributed by atoms with Gasteiger partial charge in [-0.25, -0.2) is 0 Å². The van der Waals surface area contributed by atoms with Gasteiger partial charge in [-0.15, -0.1) is 0 Å². The summed E-state index contributed by atoms with van der Waals surface area (Å²) in [4.78, 5) is 23.7. The maximum Gasteiger partial charge on any atom is 0.312 e. The second-order valence-electron chi connectivity index (χ2n) is 7.45. The molecule has 0 saturated heterocycles. The van der Waals surface area contributed by atoms with Crippen LogP contribution in [0, 0.1) is 0 Å². The molecule has 0 aromatic heterocycles. The number of halogens is 2. The molecule has 176 valence electrons. The Hall–Kier alpha value is -2.70. The van der Waals surface area contributed by atoms with Gasteiger partial charge >= 0.3 is 11.9 Å². The smallest absolute Gasteiger partial charge is 0.312 e. The van der Waals surface area contributed by atoms with Crippen molar-refractivity contribution in [3.8, 4) is 11.5 Å². The zero-order valence-electron chi connectivity index (χ0n) is 18.9. The molecule has 0 bridgehead atoms. The Labute approximate surface area is 217 Å². The maximum absolute atomic E-state index is 11.8. The Balaban J connectivity index is 2.01. The fraction of sp³-hybridized carbons (Fsp3) is 0.214. The molecule has 0 fully saturated rings. The van der Waals surface area contributed by atoms with Crippen molar-refractivity contribution in [2.75, 3.05) is 10.7 Å². The number of esters is 2. The molecule has 3 aromatic rings. The Morgan fingerprint density at radius 2 is 1.09 bits per heavy atom. The van der Waals surface area contributed by atoms with Crippen LogP contribution >= 0.6 is 31.9 Å². The summed E-state index contributed by atoms with van der Waals surface area (Å²) < 4.78 is 10.8. The molecule has 0 unspecified atom stereocenters. The van der Waals surface area contributed by atoms with Gasteiger partial charge in [0.2, 0.25) is 0 Å². The van der Waals surface area contributed by atoms with E-state index in [-0.39, 0.29) is 11.9 Å². The Bertz CT molecular complexity index is 1060. The first-order valence-electron chi connectivity index (χ1n) is 11.1. The minimum Gasteiger partial charge on any atom is -0.427 e. The van der Waals surface area contributed by atoms with Gasteiger partial charge < -0.3 is 9.47 Å². The summed E-state index contributed by atoms with van der Waals surface area (Å²) >= 11 is 6.51. The van der Waals surface area contributed by atoms with Gasteiger partial charge in [-0.3, -0.25) is 9.59 Å². The molecule has 0 aliphatic carbocycles. The summed E-state index contributed by atoms with van der Waals surface area (Å²) in [5.41, 5.74) is 5.41. The normalized spacial score (nSPS) is 10.4. The molecule has 4 nitrogen and oxygen atoms in total. The molecule has 0 radical (unpaired) electrons. The number of alkyl halides is 2. The van der Waals surface area contributed by atoms with Crippen LogP contribution in [0.15, 0.2) is 78.9 Å². The van der Waals surface area contributed by atoms with Gasteiger partial charge in [0, 0.05) is 10.7 Å². The fourth-order valence-corrected chi connectivity index (χ4v) is 4.23. The molecular weight excluding hydrogens is 560 g/mol. The molecular formula is C28H26Br2O4. The zero-order valence-corrected chi connectivity index (χ0v) is 22.1.